The molecule has 0 aliphatic heterocycles. The summed E-state index contributed by atoms with van der Waals surface area (Å²) in [5.74, 6) is -0.0693. The normalized spacial score (nSPS) is 10.7. The van der Waals surface area contributed by atoms with E-state index in [1.807, 2.05) is 66.2 Å². The van der Waals surface area contributed by atoms with E-state index in [1.165, 1.54) is 0 Å². The number of hydrogen-bond donors (Lipinski definition) is 1. The van der Waals surface area contributed by atoms with Crippen molar-refractivity contribution in [3.63, 3.8) is 0 Å². The number of nitrogens with zero attached hydrogens (tertiary/aromatic N) is 2. The van der Waals surface area contributed by atoms with Gasteiger partial charge in [0.2, 0.25) is 0 Å². The summed E-state index contributed by atoms with van der Waals surface area (Å²) in [6.45, 7) is 2.36. The molecule has 0 bridgehead atoms. The van der Waals surface area contributed by atoms with E-state index < -0.39 is 0 Å². The van der Waals surface area contributed by atoms with Crippen molar-refractivity contribution >= 4 is 11.6 Å². The van der Waals surface area contributed by atoms with Crippen LogP contribution in [0.5, 0.6) is 0 Å². The molecule has 3 aromatic rings. The zero-order valence-electron chi connectivity index (χ0n) is 11.2. The number of pyridine rings is 1. The lowest BCUT2D eigenvalue weighted by Crippen LogP contribution is -2.23. The summed E-state index contributed by atoms with van der Waals surface area (Å²) in [5, 5.41) is 2.90. The van der Waals surface area contributed by atoms with Gasteiger partial charge >= 0.3 is 0 Å². The van der Waals surface area contributed by atoms with Crippen LogP contribution >= 0.6 is 0 Å². The van der Waals surface area contributed by atoms with Crippen molar-refractivity contribution in [2.24, 2.45) is 0 Å². The lowest BCUT2D eigenvalue weighted by molar-refractivity contribution is 0.0950. The molecule has 1 N–H and O–H groups in total. The zero-order chi connectivity index (χ0) is 13.9. The van der Waals surface area contributed by atoms with Gasteiger partial charge in [-0.2, -0.15) is 0 Å². The van der Waals surface area contributed by atoms with E-state index in [0.717, 1.165) is 16.9 Å². The van der Waals surface area contributed by atoms with Gasteiger partial charge in [-0.1, -0.05) is 24.3 Å². The maximum absolute atomic E-state index is 12.1. The van der Waals surface area contributed by atoms with E-state index in [-0.39, 0.29) is 5.91 Å². The lowest BCUT2D eigenvalue weighted by Gasteiger charge is -2.05. The molecule has 2 aromatic heterocycles. The number of imidazole rings is 1. The Morgan fingerprint density at radius 2 is 2.00 bits per heavy atom. The Morgan fingerprint density at radius 3 is 2.80 bits per heavy atom. The molecule has 100 valence electrons. The topological polar surface area (TPSA) is 46.4 Å². The maximum atomic E-state index is 12.1. The molecule has 0 fully saturated rings. The van der Waals surface area contributed by atoms with Crippen LogP contribution in [0, 0.1) is 6.92 Å². The summed E-state index contributed by atoms with van der Waals surface area (Å²) < 4.78 is 1.94. The lowest BCUT2D eigenvalue weighted by atomic mass is 10.1. The SMILES string of the molecule is Cc1ccccc1C(=O)NCc1cn2ccccc2n1. The third kappa shape index (κ3) is 2.40. The van der Waals surface area contributed by atoms with Crippen LogP contribution in [0.15, 0.2) is 54.9 Å². The molecule has 0 spiro atoms. The van der Waals surface area contributed by atoms with Gasteiger partial charge in [-0.15, -0.1) is 0 Å². The Bertz CT molecular complexity index is 728. The Hall–Kier alpha value is -2.62. The third-order valence-corrected chi connectivity index (χ3v) is 3.23. The van der Waals surface area contributed by atoms with E-state index in [4.69, 9.17) is 0 Å². The molecule has 0 aliphatic carbocycles. The van der Waals surface area contributed by atoms with Crippen molar-refractivity contribution in [2.75, 3.05) is 0 Å². The van der Waals surface area contributed by atoms with Crippen molar-refractivity contribution in [3.05, 3.63) is 71.7 Å². The molecule has 0 radical (unpaired) electrons. The van der Waals surface area contributed by atoms with Gasteiger partial charge in [0.25, 0.3) is 5.91 Å². The summed E-state index contributed by atoms with van der Waals surface area (Å²) in [6.07, 6.45) is 3.86. The molecular formula is C16H15N3O. The highest BCUT2D eigenvalue weighted by atomic mass is 16.1. The van der Waals surface area contributed by atoms with Gasteiger partial charge in [0, 0.05) is 18.0 Å². The highest BCUT2D eigenvalue weighted by Crippen LogP contribution is 2.08. The molecule has 1 amide bonds. The highest BCUT2D eigenvalue weighted by molar-refractivity contribution is 5.95. The number of hydrogen-bond acceptors (Lipinski definition) is 2. The average molecular weight is 265 g/mol. The highest BCUT2D eigenvalue weighted by Gasteiger charge is 2.08. The molecule has 4 heteroatoms. The Kier molecular flexibility index (Phi) is 3.21. The molecule has 0 saturated carbocycles. The fourth-order valence-corrected chi connectivity index (χ4v) is 2.17. The molecule has 3 rings (SSSR count). The van der Waals surface area contributed by atoms with Gasteiger partial charge in [-0.05, 0) is 30.7 Å². The third-order valence-electron chi connectivity index (χ3n) is 3.23. The number of amides is 1. The van der Waals surface area contributed by atoms with Crippen molar-refractivity contribution < 1.29 is 4.79 Å². The van der Waals surface area contributed by atoms with Gasteiger partial charge in [0.15, 0.2) is 0 Å². The molecule has 0 unspecified atom stereocenters. The largest absolute Gasteiger partial charge is 0.346 e. The van der Waals surface area contributed by atoms with E-state index in [2.05, 4.69) is 10.3 Å². The quantitative estimate of drug-likeness (QED) is 0.791. The minimum absolute atomic E-state index is 0.0693. The second kappa shape index (κ2) is 5.17. The standard InChI is InChI=1S/C16H15N3O/c1-12-6-2-3-7-14(12)16(20)17-10-13-11-19-9-5-4-8-15(19)18-13/h2-9,11H,10H2,1H3,(H,17,20). The number of aromatic nitrogens is 2. The van der Waals surface area contributed by atoms with E-state index in [9.17, 15) is 4.79 Å². The number of nitrogens with one attached hydrogen (secondary N) is 1. The van der Waals surface area contributed by atoms with E-state index >= 15 is 0 Å². The van der Waals surface area contributed by atoms with Gasteiger partial charge in [0.1, 0.15) is 5.65 Å². The first-order valence-electron chi connectivity index (χ1n) is 6.50. The molecule has 0 aliphatic rings. The smallest absolute Gasteiger partial charge is 0.251 e. The van der Waals surface area contributed by atoms with Gasteiger partial charge in [-0.25, -0.2) is 4.98 Å². The minimum Gasteiger partial charge on any atom is -0.346 e. The molecule has 4 nitrogen and oxygen atoms in total. The van der Waals surface area contributed by atoms with Crippen LogP contribution in [0.4, 0.5) is 0 Å². The second-order valence-corrected chi connectivity index (χ2v) is 4.70. The average Bonchev–Trinajstić information content (AvgIpc) is 2.88. The van der Waals surface area contributed by atoms with Gasteiger partial charge in [0.05, 0.1) is 12.2 Å². The summed E-state index contributed by atoms with van der Waals surface area (Å²) in [5.41, 5.74) is 3.40. The van der Waals surface area contributed by atoms with Crippen LogP contribution < -0.4 is 5.32 Å². The Morgan fingerprint density at radius 1 is 1.20 bits per heavy atom. The van der Waals surface area contributed by atoms with Crippen molar-refractivity contribution in [1.82, 2.24) is 14.7 Å². The first-order valence-corrected chi connectivity index (χ1v) is 6.50. The summed E-state index contributed by atoms with van der Waals surface area (Å²) in [6, 6.07) is 13.4. The predicted octanol–water partition coefficient (Wildman–Crippen LogP) is 2.57. The second-order valence-electron chi connectivity index (χ2n) is 4.70. The Balaban J connectivity index is 1.73. The Labute approximate surface area is 117 Å². The number of aryl methyl sites for hydroxylation is 1. The van der Waals surface area contributed by atoms with Crippen LogP contribution in [-0.2, 0) is 6.54 Å². The van der Waals surface area contributed by atoms with Gasteiger partial charge < -0.3 is 9.72 Å². The molecule has 0 saturated heterocycles. The monoisotopic (exact) mass is 265 g/mol. The molecular weight excluding hydrogens is 250 g/mol. The number of carbonyl (C=O) groups is 1. The van der Waals surface area contributed by atoms with Crippen LogP contribution in [0.3, 0.4) is 0 Å². The molecule has 20 heavy (non-hydrogen) atoms. The molecule has 2 heterocycles. The number of rotatable bonds is 3. The van der Waals surface area contributed by atoms with Crippen molar-refractivity contribution in [1.29, 1.82) is 0 Å². The minimum atomic E-state index is -0.0693. The van der Waals surface area contributed by atoms with Crippen molar-refractivity contribution in [3.8, 4) is 0 Å². The molecule has 0 atom stereocenters. The number of fused-ring (bicyclic) bond motifs is 1. The molecule has 1 aromatic carbocycles. The zero-order valence-corrected chi connectivity index (χ0v) is 11.2. The van der Waals surface area contributed by atoms with Crippen molar-refractivity contribution in [2.45, 2.75) is 13.5 Å². The number of benzene rings is 1. The first-order chi connectivity index (χ1) is 9.74. The van der Waals surface area contributed by atoms with Crippen LogP contribution in [0.1, 0.15) is 21.6 Å². The summed E-state index contributed by atoms with van der Waals surface area (Å²) in [4.78, 5) is 16.6. The maximum Gasteiger partial charge on any atom is 0.251 e. The van der Waals surface area contributed by atoms with Crippen LogP contribution in [0.2, 0.25) is 0 Å². The van der Waals surface area contributed by atoms with Crippen LogP contribution in [-0.4, -0.2) is 15.3 Å². The first kappa shape index (κ1) is 12.4. The fraction of sp³-hybridized carbons (Fsp3) is 0.125. The fourth-order valence-electron chi connectivity index (χ4n) is 2.17. The van der Waals surface area contributed by atoms with E-state index in [0.29, 0.717) is 12.1 Å². The summed E-state index contributed by atoms with van der Waals surface area (Å²) >= 11 is 0. The predicted molar refractivity (Wildman–Crippen MR) is 77.5 cm³/mol. The van der Waals surface area contributed by atoms with E-state index in [1.54, 1.807) is 0 Å². The summed E-state index contributed by atoms with van der Waals surface area (Å²) in [7, 11) is 0. The number of carbonyl (C=O) groups excluding carboxylic acids is 1. The van der Waals surface area contributed by atoms with Gasteiger partial charge in [-0.3, -0.25) is 4.79 Å². The van der Waals surface area contributed by atoms with Crippen LogP contribution in [0.25, 0.3) is 5.65 Å².